The van der Waals surface area contributed by atoms with Crippen LogP contribution in [0.5, 0.6) is 5.75 Å². The van der Waals surface area contributed by atoms with E-state index in [1.807, 2.05) is 18.2 Å². The Bertz CT molecular complexity index is 513. The average Bonchev–Trinajstić information content (AvgIpc) is 2.74. The first-order valence-corrected chi connectivity index (χ1v) is 7.46. The van der Waals surface area contributed by atoms with Crippen molar-refractivity contribution in [3.8, 4) is 5.75 Å². The fraction of sp³-hybridized carbons (Fsp3) is 0.167. The van der Waals surface area contributed by atoms with E-state index in [1.165, 1.54) is 5.56 Å². The molecule has 5 heteroatoms. The summed E-state index contributed by atoms with van der Waals surface area (Å²) < 4.78 is 7.39. The molecular weight excluding hydrogens is 366 g/mol. The van der Waals surface area contributed by atoms with E-state index in [-0.39, 0.29) is 0 Å². The number of methoxy groups -OCH3 is 1. The van der Waals surface area contributed by atoms with Crippen LogP contribution in [0.2, 0.25) is 0 Å². The Balaban J connectivity index is 2.07. The molecule has 2 nitrogen and oxygen atoms in total. The van der Waals surface area contributed by atoms with E-state index in [0.29, 0.717) is 0 Å². The summed E-state index contributed by atoms with van der Waals surface area (Å²) in [6.45, 7) is 0.799. The molecule has 0 saturated carbocycles. The molecule has 0 atom stereocenters. The number of ether oxygens (including phenoxy) is 1. The van der Waals surface area contributed by atoms with Gasteiger partial charge in [0, 0.05) is 17.1 Å². The lowest BCUT2D eigenvalue weighted by molar-refractivity contribution is 0.415. The van der Waals surface area contributed by atoms with Crippen LogP contribution < -0.4 is 10.1 Å². The monoisotopic (exact) mass is 375 g/mol. The lowest BCUT2D eigenvalue weighted by Gasteiger charge is -2.09. The van der Waals surface area contributed by atoms with Gasteiger partial charge in [-0.15, -0.1) is 11.3 Å². The van der Waals surface area contributed by atoms with Crippen molar-refractivity contribution in [2.75, 3.05) is 12.4 Å². The van der Waals surface area contributed by atoms with Crippen molar-refractivity contribution < 1.29 is 4.74 Å². The van der Waals surface area contributed by atoms with Crippen molar-refractivity contribution in [1.29, 1.82) is 0 Å². The minimum absolute atomic E-state index is 0.799. The Kier molecular flexibility index (Phi) is 4.48. The molecule has 17 heavy (non-hydrogen) atoms. The van der Waals surface area contributed by atoms with Crippen LogP contribution in [0.1, 0.15) is 5.56 Å². The molecule has 0 fully saturated rings. The van der Waals surface area contributed by atoms with Gasteiger partial charge in [0.05, 0.1) is 16.6 Å². The number of benzene rings is 1. The molecule has 1 aromatic heterocycles. The van der Waals surface area contributed by atoms with Crippen molar-refractivity contribution in [1.82, 2.24) is 0 Å². The van der Waals surface area contributed by atoms with Crippen LogP contribution in [0.15, 0.2) is 37.9 Å². The maximum Gasteiger partial charge on any atom is 0.121 e. The Morgan fingerprint density at radius 1 is 1.29 bits per heavy atom. The van der Waals surface area contributed by atoms with Gasteiger partial charge in [-0.2, -0.15) is 0 Å². The predicted octanol–water partition coefficient (Wildman–Crippen LogP) is 4.89. The second-order valence-electron chi connectivity index (χ2n) is 3.46. The van der Waals surface area contributed by atoms with Crippen LogP contribution in [-0.2, 0) is 6.54 Å². The molecule has 1 heterocycles. The van der Waals surface area contributed by atoms with Crippen LogP contribution >= 0.6 is 43.2 Å². The van der Waals surface area contributed by atoms with Crippen LogP contribution in [0.4, 0.5) is 5.69 Å². The topological polar surface area (TPSA) is 21.3 Å². The van der Waals surface area contributed by atoms with Crippen LogP contribution in [-0.4, -0.2) is 7.11 Å². The Morgan fingerprint density at radius 3 is 2.76 bits per heavy atom. The van der Waals surface area contributed by atoms with E-state index in [2.05, 4.69) is 48.6 Å². The van der Waals surface area contributed by atoms with Crippen molar-refractivity contribution in [2.45, 2.75) is 6.54 Å². The fourth-order valence-corrected chi connectivity index (χ4v) is 3.00. The Hall–Kier alpha value is -0.520. The second kappa shape index (κ2) is 5.89. The number of nitrogens with one attached hydrogen (secondary N) is 1. The third-order valence-corrected chi connectivity index (χ3v) is 4.52. The molecule has 90 valence electrons. The summed E-state index contributed by atoms with van der Waals surface area (Å²) in [5.74, 6) is 0.849. The van der Waals surface area contributed by atoms with E-state index in [1.54, 1.807) is 18.4 Å². The summed E-state index contributed by atoms with van der Waals surface area (Å²) in [5.41, 5.74) is 2.29. The van der Waals surface area contributed by atoms with Gasteiger partial charge in [0.15, 0.2) is 0 Å². The maximum atomic E-state index is 5.20. The number of anilines is 1. The summed E-state index contributed by atoms with van der Waals surface area (Å²) in [7, 11) is 1.67. The van der Waals surface area contributed by atoms with Gasteiger partial charge in [0.2, 0.25) is 0 Å². The van der Waals surface area contributed by atoms with Gasteiger partial charge in [-0.1, -0.05) is 0 Å². The molecule has 0 saturated heterocycles. The van der Waals surface area contributed by atoms with Gasteiger partial charge in [-0.05, 0) is 61.0 Å². The number of halogens is 2. The van der Waals surface area contributed by atoms with Crippen LogP contribution in [0.25, 0.3) is 0 Å². The highest BCUT2D eigenvalue weighted by atomic mass is 79.9. The molecule has 0 radical (unpaired) electrons. The molecule has 2 aromatic rings. The lowest BCUT2D eigenvalue weighted by Crippen LogP contribution is -1.99. The molecule has 0 spiro atoms. The summed E-state index contributed by atoms with van der Waals surface area (Å²) in [4.78, 5) is 0. The van der Waals surface area contributed by atoms with E-state index >= 15 is 0 Å². The second-order valence-corrected chi connectivity index (χ2v) is 6.60. The predicted molar refractivity (Wildman–Crippen MR) is 80.0 cm³/mol. The average molecular weight is 377 g/mol. The molecule has 0 aliphatic rings. The minimum atomic E-state index is 0.799. The van der Waals surface area contributed by atoms with E-state index < -0.39 is 0 Å². The zero-order valence-electron chi connectivity index (χ0n) is 9.17. The van der Waals surface area contributed by atoms with Gasteiger partial charge in [-0.25, -0.2) is 0 Å². The molecule has 0 bridgehead atoms. The SMILES string of the molecule is COc1ccc(Br)c(NCc2csc(Br)c2)c1. The molecule has 2 rings (SSSR count). The van der Waals surface area contributed by atoms with Gasteiger partial charge < -0.3 is 10.1 Å². The van der Waals surface area contributed by atoms with Gasteiger partial charge in [-0.3, -0.25) is 0 Å². The lowest BCUT2D eigenvalue weighted by atomic mass is 10.2. The van der Waals surface area contributed by atoms with Gasteiger partial charge in [0.1, 0.15) is 5.75 Å². The first kappa shape index (κ1) is 12.9. The number of rotatable bonds is 4. The van der Waals surface area contributed by atoms with E-state index in [0.717, 1.165) is 26.2 Å². The standard InChI is InChI=1S/C12H11Br2NOS/c1-16-9-2-3-10(13)11(5-9)15-6-8-4-12(14)17-7-8/h2-5,7,15H,6H2,1H3. The molecular formula is C12H11Br2NOS. The van der Waals surface area contributed by atoms with Crippen molar-refractivity contribution in [3.63, 3.8) is 0 Å². The fourth-order valence-electron chi connectivity index (χ4n) is 1.40. The smallest absolute Gasteiger partial charge is 0.121 e. The highest BCUT2D eigenvalue weighted by Gasteiger charge is 2.03. The Labute approximate surface area is 121 Å². The zero-order valence-corrected chi connectivity index (χ0v) is 13.2. The number of hydrogen-bond acceptors (Lipinski definition) is 3. The summed E-state index contributed by atoms with van der Waals surface area (Å²) >= 11 is 8.66. The van der Waals surface area contributed by atoms with E-state index in [4.69, 9.17) is 4.74 Å². The quantitative estimate of drug-likeness (QED) is 0.819. The van der Waals surface area contributed by atoms with Crippen LogP contribution in [0, 0.1) is 0 Å². The van der Waals surface area contributed by atoms with Crippen molar-refractivity contribution in [3.05, 3.63) is 43.5 Å². The molecule has 0 aliphatic carbocycles. The number of thiophene rings is 1. The third-order valence-electron chi connectivity index (χ3n) is 2.28. The highest BCUT2D eigenvalue weighted by Crippen LogP contribution is 2.28. The zero-order chi connectivity index (χ0) is 12.3. The maximum absolute atomic E-state index is 5.20. The van der Waals surface area contributed by atoms with Gasteiger partial charge in [0.25, 0.3) is 0 Å². The third kappa shape index (κ3) is 3.47. The first-order chi connectivity index (χ1) is 8.19. The molecule has 1 aromatic carbocycles. The molecule has 0 unspecified atom stereocenters. The minimum Gasteiger partial charge on any atom is -0.497 e. The summed E-state index contributed by atoms with van der Waals surface area (Å²) in [5, 5.41) is 5.51. The number of hydrogen-bond donors (Lipinski definition) is 1. The summed E-state index contributed by atoms with van der Waals surface area (Å²) in [6.07, 6.45) is 0. The molecule has 1 N–H and O–H groups in total. The van der Waals surface area contributed by atoms with Crippen LogP contribution in [0.3, 0.4) is 0 Å². The van der Waals surface area contributed by atoms with Gasteiger partial charge >= 0.3 is 0 Å². The first-order valence-electron chi connectivity index (χ1n) is 4.99. The normalized spacial score (nSPS) is 10.3. The van der Waals surface area contributed by atoms with Crippen molar-refractivity contribution >= 4 is 48.9 Å². The highest BCUT2D eigenvalue weighted by molar-refractivity contribution is 9.11. The van der Waals surface area contributed by atoms with Crippen molar-refractivity contribution in [2.24, 2.45) is 0 Å². The van der Waals surface area contributed by atoms with E-state index in [9.17, 15) is 0 Å². The Morgan fingerprint density at radius 2 is 2.12 bits per heavy atom. The summed E-state index contributed by atoms with van der Waals surface area (Å²) in [6, 6.07) is 8.00. The molecule has 0 amide bonds. The largest absolute Gasteiger partial charge is 0.497 e. The molecule has 0 aliphatic heterocycles.